The summed E-state index contributed by atoms with van der Waals surface area (Å²) in [5.41, 5.74) is 3.59. The maximum absolute atomic E-state index is 12.6. The Labute approximate surface area is 165 Å². The fraction of sp³-hybridized carbons (Fsp3) is 0.476. The molecule has 0 aliphatic carbocycles. The molecular weight excluding hydrogens is 354 g/mol. The SMILES string of the molecule is Cc1[nH]ncc1CCCNC(=O)Nc1ccc(C(=O)N2CCCCCC2)cc1. The van der Waals surface area contributed by atoms with Crippen LogP contribution in [-0.4, -0.2) is 46.7 Å². The van der Waals surface area contributed by atoms with Crippen molar-refractivity contribution in [3.8, 4) is 0 Å². The topological polar surface area (TPSA) is 90.1 Å². The van der Waals surface area contributed by atoms with Crippen LogP contribution in [-0.2, 0) is 6.42 Å². The molecule has 0 unspecified atom stereocenters. The molecule has 0 spiro atoms. The van der Waals surface area contributed by atoms with E-state index >= 15 is 0 Å². The highest BCUT2D eigenvalue weighted by molar-refractivity contribution is 5.95. The molecule has 1 aromatic carbocycles. The number of aromatic amines is 1. The Morgan fingerprint density at radius 3 is 2.46 bits per heavy atom. The van der Waals surface area contributed by atoms with Crippen LogP contribution >= 0.6 is 0 Å². The number of urea groups is 1. The number of aryl methyl sites for hydroxylation is 2. The number of hydrogen-bond acceptors (Lipinski definition) is 3. The van der Waals surface area contributed by atoms with Crippen molar-refractivity contribution in [1.29, 1.82) is 0 Å². The number of anilines is 1. The Balaban J connectivity index is 1.42. The molecule has 3 rings (SSSR count). The quantitative estimate of drug-likeness (QED) is 0.667. The Morgan fingerprint density at radius 2 is 1.82 bits per heavy atom. The summed E-state index contributed by atoms with van der Waals surface area (Å²) in [7, 11) is 0. The number of hydrogen-bond donors (Lipinski definition) is 3. The number of carbonyl (C=O) groups is 2. The second-order valence-corrected chi connectivity index (χ2v) is 7.29. The molecule has 1 aliphatic rings. The van der Waals surface area contributed by atoms with Crippen LogP contribution < -0.4 is 10.6 Å². The van der Waals surface area contributed by atoms with Gasteiger partial charge in [-0.1, -0.05) is 12.8 Å². The van der Waals surface area contributed by atoms with Crippen molar-refractivity contribution < 1.29 is 9.59 Å². The fourth-order valence-corrected chi connectivity index (χ4v) is 3.44. The maximum Gasteiger partial charge on any atom is 0.319 e. The van der Waals surface area contributed by atoms with Gasteiger partial charge in [0.2, 0.25) is 0 Å². The Hall–Kier alpha value is -2.83. The normalized spacial score (nSPS) is 14.4. The molecule has 1 fully saturated rings. The summed E-state index contributed by atoms with van der Waals surface area (Å²) >= 11 is 0. The van der Waals surface area contributed by atoms with Gasteiger partial charge < -0.3 is 15.5 Å². The first-order chi connectivity index (χ1) is 13.6. The van der Waals surface area contributed by atoms with E-state index < -0.39 is 0 Å². The second kappa shape index (κ2) is 9.92. The third-order valence-electron chi connectivity index (χ3n) is 5.13. The van der Waals surface area contributed by atoms with E-state index in [0.717, 1.165) is 44.5 Å². The molecule has 28 heavy (non-hydrogen) atoms. The maximum atomic E-state index is 12.6. The van der Waals surface area contributed by atoms with Gasteiger partial charge in [-0.05, 0) is 62.4 Å². The van der Waals surface area contributed by atoms with Gasteiger partial charge in [0.25, 0.3) is 5.91 Å². The van der Waals surface area contributed by atoms with Crippen molar-refractivity contribution in [3.05, 3.63) is 47.3 Å². The van der Waals surface area contributed by atoms with Gasteiger partial charge in [-0.3, -0.25) is 9.89 Å². The zero-order valence-corrected chi connectivity index (χ0v) is 16.5. The molecule has 7 heteroatoms. The van der Waals surface area contributed by atoms with Gasteiger partial charge in [-0.15, -0.1) is 0 Å². The van der Waals surface area contributed by atoms with Gasteiger partial charge in [0.15, 0.2) is 0 Å². The van der Waals surface area contributed by atoms with Crippen LogP contribution in [0, 0.1) is 6.92 Å². The van der Waals surface area contributed by atoms with E-state index in [4.69, 9.17) is 0 Å². The van der Waals surface area contributed by atoms with Crippen molar-refractivity contribution in [2.75, 3.05) is 25.0 Å². The summed E-state index contributed by atoms with van der Waals surface area (Å²) in [5.74, 6) is 0.0763. The number of H-pyrrole nitrogens is 1. The minimum atomic E-state index is -0.240. The number of likely N-dealkylation sites (tertiary alicyclic amines) is 1. The molecule has 2 aromatic rings. The lowest BCUT2D eigenvalue weighted by Gasteiger charge is -2.20. The van der Waals surface area contributed by atoms with Gasteiger partial charge in [-0.2, -0.15) is 5.10 Å². The third-order valence-corrected chi connectivity index (χ3v) is 5.13. The zero-order valence-electron chi connectivity index (χ0n) is 16.5. The summed E-state index contributed by atoms with van der Waals surface area (Å²) in [5, 5.41) is 12.6. The summed E-state index contributed by atoms with van der Waals surface area (Å²) in [6, 6.07) is 6.88. The van der Waals surface area contributed by atoms with Crippen LogP contribution in [0.15, 0.2) is 30.5 Å². The van der Waals surface area contributed by atoms with Gasteiger partial charge in [0, 0.05) is 36.6 Å². The second-order valence-electron chi connectivity index (χ2n) is 7.29. The van der Waals surface area contributed by atoms with E-state index in [1.807, 2.05) is 18.0 Å². The molecule has 0 radical (unpaired) electrons. The minimum absolute atomic E-state index is 0.0763. The molecule has 2 heterocycles. The first-order valence-electron chi connectivity index (χ1n) is 10.1. The zero-order chi connectivity index (χ0) is 19.8. The van der Waals surface area contributed by atoms with E-state index in [1.165, 1.54) is 18.4 Å². The van der Waals surface area contributed by atoms with Crippen LogP contribution in [0.25, 0.3) is 0 Å². The van der Waals surface area contributed by atoms with E-state index in [2.05, 4.69) is 20.8 Å². The predicted octanol–water partition coefficient (Wildman–Crippen LogP) is 3.49. The molecule has 3 amide bonds. The average molecular weight is 383 g/mol. The first kappa shape index (κ1) is 19.9. The van der Waals surface area contributed by atoms with E-state index in [-0.39, 0.29) is 11.9 Å². The highest BCUT2D eigenvalue weighted by Gasteiger charge is 2.17. The van der Waals surface area contributed by atoms with Crippen molar-refractivity contribution in [1.82, 2.24) is 20.4 Å². The molecule has 0 bridgehead atoms. The number of benzene rings is 1. The number of nitrogens with zero attached hydrogens (tertiary/aromatic N) is 2. The third kappa shape index (κ3) is 5.58. The fourth-order valence-electron chi connectivity index (χ4n) is 3.44. The monoisotopic (exact) mass is 383 g/mol. The summed E-state index contributed by atoms with van der Waals surface area (Å²) in [6.07, 6.45) is 8.08. The molecule has 1 aliphatic heterocycles. The number of carbonyl (C=O) groups excluding carboxylic acids is 2. The average Bonchev–Trinajstić information content (AvgIpc) is 2.94. The van der Waals surface area contributed by atoms with Gasteiger partial charge in [0.05, 0.1) is 6.20 Å². The first-order valence-corrected chi connectivity index (χ1v) is 10.1. The molecule has 1 saturated heterocycles. The van der Waals surface area contributed by atoms with Gasteiger partial charge in [0.1, 0.15) is 0 Å². The largest absolute Gasteiger partial charge is 0.339 e. The minimum Gasteiger partial charge on any atom is -0.339 e. The Morgan fingerprint density at radius 1 is 1.11 bits per heavy atom. The highest BCUT2D eigenvalue weighted by Crippen LogP contribution is 2.15. The number of nitrogens with one attached hydrogen (secondary N) is 3. The van der Waals surface area contributed by atoms with Crippen molar-refractivity contribution in [2.45, 2.75) is 45.4 Å². The lowest BCUT2D eigenvalue weighted by molar-refractivity contribution is 0.0761. The van der Waals surface area contributed by atoms with Crippen LogP contribution in [0.1, 0.15) is 53.7 Å². The van der Waals surface area contributed by atoms with E-state index in [1.54, 1.807) is 24.3 Å². The van der Waals surface area contributed by atoms with Crippen molar-refractivity contribution in [3.63, 3.8) is 0 Å². The van der Waals surface area contributed by atoms with Crippen molar-refractivity contribution >= 4 is 17.6 Å². The highest BCUT2D eigenvalue weighted by atomic mass is 16.2. The number of amides is 3. The van der Waals surface area contributed by atoms with Crippen LogP contribution in [0.2, 0.25) is 0 Å². The molecule has 1 aromatic heterocycles. The predicted molar refractivity (Wildman–Crippen MR) is 109 cm³/mol. The summed E-state index contributed by atoms with van der Waals surface area (Å²) in [6.45, 7) is 4.24. The molecule has 7 nitrogen and oxygen atoms in total. The van der Waals surface area contributed by atoms with E-state index in [0.29, 0.717) is 17.8 Å². The smallest absolute Gasteiger partial charge is 0.319 e. The Bertz CT molecular complexity index is 776. The lowest BCUT2D eigenvalue weighted by atomic mass is 10.1. The molecule has 150 valence electrons. The standard InChI is InChI=1S/C21H29N5O2/c1-16-18(15-23-25-16)7-6-12-22-21(28)24-19-10-8-17(9-11-19)20(27)26-13-4-2-3-5-14-26/h8-11,15H,2-7,12-14H2,1H3,(H,23,25)(H2,22,24,28). The Kier molecular flexibility index (Phi) is 7.06. The van der Waals surface area contributed by atoms with Gasteiger partial charge >= 0.3 is 6.03 Å². The van der Waals surface area contributed by atoms with Crippen LogP contribution in [0.5, 0.6) is 0 Å². The number of rotatable bonds is 6. The molecular formula is C21H29N5O2. The summed E-state index contributed by atoms with van der Waals surface area (Å²) in [4.78, 5) is 26.6. The molecule has 0 saturated carbocycles. The summed E-state index contributed by atoms with van der Waals surface area (Å²) < 4.78 is 0. The van der Waals surface area contributed by atoms with Crippen molar-refractivity contribution in [2.24, 2.45) is 0 Å². The lowest BCUT2D eigenvalue weighted by Crippen LogP contribution is -2.32. The molecule has 3 N–H and O–H groups in total. The van der Waals surface area contributed by atoms with Crippen LogP contribution in [0.3, 0.4) is 0 Å². The van der Waals surface area contributed by atoms with E-state index in [9.17, 15) is 9.59 Å². The number of aromatic nitrogens is 2. The van der Waals surface area contributed by atoms with Gasteiger partial charge in [-0.25, -0.2) is 4.79 Å². The van der Waals surface area contributed by atoms with Crippen LogP contribution in [0.4, 0.5) is 10.5 Å². The molecule has 0 atom stereocenters.